The topological polar surface area (TPSA) is 59.9 Å². The van der Waals surface area contributed by atoms with Gasteiger partial charge in [-0.2, -0.15) is 5.10 Å². The summed E-state index contributed by atoms with van der Waals surface area (Å²) in [5.41, 5.74) is 3.85. The van der Waals surface area contributed by atoms with E-state index in [2.05, 4.69) is 10.5 Å². The van der Waals surface area contributed by atoms with Crippen molar-refractivity contribution < 1.29 is 14.3 Å². The number of carbonyl (C=O) groups is 1. The molecule has 0 fully saturated rings. The highest BCUT2D eigenvalue weighted by Gasteiger charge is 2.19. The smallest absolute Gasteiger partial charge is 0.246 e. The summed E-state index contributed by atoms with van der Waals surface area (Å²) in [6, 6.07) is 5.39. The lowest BCUT2D eigenvalue weighted by molar-refractivity contribution is -0.119. The zero-order valence-corrected chi connectivity index (χ0v) is 9.11. The van der Waals surface area contributed by atoms with Gasteiger partial charge < -0.3 is 9.47 Å². The van der Waals surface area contributed by atoms with Crippen LogP contribution in [-0.4, -0.2) is 25.8 Å². The Balaban J connectivity index is 2.41. The molecule has 1 aromatic carbocycles. The lowest BCUT2D eigenvalue weighted by Crippen LogP contribution is -2.09. The average Bonchev–Trinajstić information content (AvgIpc) is 2.75. The van der Waals surface area contributed by atoms with E-state index in [1.54, 1.807) is 32.4 Å². The van der Waals surface area contributed by atoms with Crippen molar-refractivity contribution in [3.8, 4) is 11.5 Å². The molecule has 16 heavy (non-hydrogen) atoms. The van der Waals surface area contributed by atoms with Gasteiger partial charge in [0.05, 0.1) is 26.4 Å². The molecule has 0 saturated heterocycles. The zero-order chi connectivity index (χ0) is 11.5. The number of hydrazone groups is 1. The summed E-state index contributed by atoms with van der Waals surface area (Å²) in [4.78, 5) is 11.1. The fraction of sp³-hybridized carbons (Fsp3) is 0.273. The lowest BCUT2D eigenvalue weighted by Gasteiger charge is -2.09. The SMILES string of the molecule is COc1ccc(OC)c(C2=NNC(=O)C2)c1. The highest BCUT2D eigenvalue weighted by Crippen LogP contribution is 2.26. The first-order valence-electron chi connectivity index (χ1n) is 4.82. The molecular formula is C11H12N2O3. The van der Waals surface area contributed by atoms with E-state index in [1.807, 2.05) is 0 Å². The normalized spacial score (nSPS) is 14.4. The second-order valence-corrected chi connectivity index (χ2v) is 3.34. The van der Waals surface area contributed by atoms with Crippen LogP contribution in [0.1, 0.15) is 12.0 Å². The van der Waals surface area contributed by atoms with Crippen molar-refractivity contribution in [2.24, 2.45) is 5.10 Å². The van der Waals surface area contributed by atoms with E-state index in [9.17, 15) is 4.79 Å². The minimum atomic E-state index is -0.111. The minimum Gasteiger partial charge on any atom is -0.497 e. The molecule has 2 rings (SSSR count). The summed E-state index contributed by atoms with van der Waals surface area (Å²) < 4.78 is 10.3. The van der Waals surface area contributed by atoms with E-state index in [1.165, 1.54) is 0 Å². The van der Waals surface area contributed by atoms with Gasteiger partial charge >= 0.3 is 0 Å². The lowest BCUT2D eigenvalue weighted by atomic mass is 10.1. The van der Waals surface area contributed by atoms with Crippen molar-refractivity contribution in [3.63, 3.8) is 0 Å². The monoisotopic (exact) mass is 220 g/mol. The Labute approximate surface area is 93.1 Å². The van der Waals surface area contributed by atoms with Crippen molar-refractivity contribution in [1.82, 2.24) is 5.43 Å². The number of amides is 1. The first kappa shape index (κ1) is 10.5. The molecule has 5 nitrogen and oxygen atoms in total. The third kappa shape index (κ3) is 1.84. The molecule has 5 heteroatoms. The molecule has 0 atom stereocenters. The fourth-order valence-electron chi connectivity index (χ4n) is 1.56. The number of nitrogens with one attached hydrogen (secondary N) is 1. The van der Waals surface area contributed by atoms with Gasteiger partial charge in [-0.15, -0.1) is 0 Å². The Bertz CT molecular complexity index is 455. The van der Waals surface area contributed by atoms with Gasteiger partial charge in [0, 0.05) is 5.56 Å². The minimum absolute atomic E-state index is 0.111. The van der Waals surface area contributed by atoms with Gasteiger partial charge in [0.15, 0.2) is 0 Å². The van der Waals surface area contributed by atoms with Gasteiger partial charge in [0.25, 0.3) is 0 Å². The van der Waals surface area contributed by atoms with Crippen molar-refractivity contribution in [2.75, 3.05) is 14.2 Å². The number of methoxy groups -OCH3 is 2. The maximum Gasteiger partial charge on any atom is 0.246 e. The van der Waals surface area contributed by atoms with E-state index >= 15 is 0 Å². The van der Waals surface area contributed by atoms with Crippen LogP contribution in [0.3, 0.4) is 0 Å². The summed E-state index contributed by atoms with van der Waals surface area (Å²) in [5.74, 6) is 1.27. The molecule has 0 saturated carbocycles. The predicted molar refractivity (Wildman–Crippen MR) is 58.8 cm³/mol. The Hall–Kier alpha value is -2.04. The number of hydrogen-bond acceptors (Lipinski definition) is 4. The largest absolute Gasteiger partial charge is 0.497 e. The van der Waals surface area contributed by atoms with Gasteiger partial charge in [0.2, 0.25) is 5.91 Å². The van der Waals surface area contributed by atoms with E-state index < -0.39 is 0 Å². The number of nitrogens with zero attached hydrogens (tertiary/aromatic N) is 1. The second-order valence-electron chi connectivity index (χ2n) is 3.34. The van der Waals surface area contributed by atoms with Crippen molar-refractivity contribution in [1.29, 1.82) is 0 Å². The van der Waals surface area contributed by atoms with Gasteiger partial charge in [-0.3, -0.25) is 4.79 Å². The maximum absolute atomic E-state index is 11.1. The maximum atomic E-state index is 11.1. The van der Waals surface area contributed by atoms with Crippen molar-refractivity contribution in [3.05, 3.63) is 23.8 Å². The van der Waals surface area contributed by atoms with Crippen LogP contribution in [-0.2, 0) is 4.79 Å². The zero-order valence-electron chi connectivity index (χ0n) is 9.11. The number of rotatable bonds is 3. The molecule has 1 aliphatic rings. The third-order valence-electron chi connectivity index (χ3n) is 2.36. The number of hydrogen-bond donors (Lipinski definition) is 1. The molecule has 84 valence electrons. The molecule has 1 aromatic rings. The Kier molecular flexibility index (Phi) is 2.76. The van der Waals surface area contributed by atoms with Crippen molar-refractivity contribution in [2.45, 2.75) is 6.42 Å². The Morgan fingerprint density at radius 3 is 2.69 bits per heavy atom. The third-order valence-corrected chi connectivity index (χ3v) is 2.36. The van der Waals surface area contributed by atoms with Crippen LogP contribution in [0, 0.1) is 0 Å². The molecule has 0 spiro atoms. The van der Waals surface area contributed by atoms with Crippen LogP contribution >= 0.6 is 0 Å². The summed E-state index contributed by atoms with van der Waals surface area (Å²) in [6.45, 7) is 0. The van der Waals surface area contributed by atoms with Crippen LogP contribution in [0.15, 0.2) is 23.3 Å². The van der Waals surface area contributed by atoms with Crippen LogP contribution in [0.25, 0.3) is 0 Å². The quantitative estimate of drug-likeness (QED) is 0.824. The highest BCUT2D eigenvalue weighted by molar-refractivity contribution is 6.15. The van der Waals surface area contributed by atoms with Crippen LogP contribution in [0.5, 0.6) is 11.5 Å². The van der Waals surface area contributed by atoms with Gasteiger partial charge in [0.1, 0.15) is 11.5 Å². The number of ether oxygens (including phenoxy) is 2. The Morgan fingerprint density at radius 2 is 2.12 bits per heavy atom. The van der Waals surface area contributed by atoms with E-state index in [-0.39, 0.29) is 12.3 Å². The standard InChI is InChI=1S/C11H12N2O3/c1-15-7-3-4-10(16-2)8(5-7)9-6-11(14)13-12-9/h3-5H,6H2,1-2H3,(H,13,14). The highest BCUT2D eigenvalue weighted by atomic mass is 16.5. The molecule has 1 N–H and O–H groups in total. The molecule has 0 bridgehead atoms. The van der Waals surface area contributed by atoms with Crippen LogP contribution in [0.2, 0.25) is 0 Å². The predicted octanol–water partition coefficient (Wildman–Crippen LogP) is 0.928. The summed E-state index contributed by atoms with van der Waals surface area (Å²) in [5, 5.41) is 3.95. The van der Waals surface area contributed by atoms with E-state index in [4.69, 9.17) is 9.47 Å². The van der Waals surface area contributed by atoms with Crippen LogP contribution in [0.4, 0.5) is 0 Å². The molecule has 1 heterocycles. The first-order chi connectivity index (χ1) is 7.74. The number of carbonyl (C=O) groups excluding carboxylic acids is 1. The summed E-state index contributed by atoms with van der Waals surface area (Å²) in [6.07, 6.45) is 0.267. The average molecular weight is 220 g/mol. The van der Waals surface area contributed by atoms with Crippen molar-refractivity contribution >= 4 is 11.6 Å². The van der Waals surface area contributed by atoms with Gasteiger partial charge in [-0.05, 0) is 18.2 Å². The molecule has 0 aromatic heterocycles. The van der Waals surface area contributed by atoms with Crippen LogP contribution < -0.4 is 14.9 Å². The molecule has 0 radical (unpaired) electrons. The summed E-state index contributed by atoms with van der Waals surface area (Å²) in [7, 11) is 3.17. The fourth-order valence-corrected chi connectivity index (χ4v) is 1.56. The first-order valence-corrected chi connectivity index (χ1v) is 4.82. The molecular weight excluding hydrogens is 208 g/mol. The summed E-state index contributed by atoms with van der Waals surface area (Å²) >= 11 is 0. The molecule has 1 amide bonds. The molecule has 0 unspecified atom stereocenters. The van der Waals surface area contributed by atoms with E-state index in [0.29, 0.717) is 17.2 Å². The van der Waals surface area contributed by atoms with Gasteiger partial charge in [-0.25, -0.2) is 5.43 Å². The molecule has 0 aliphatic carbocycles. The number of benzene rings is 1. The Morgan fingerprint density at radius 1 is 1.31 bits per heavy atom. The second kappa shape index (κ2) is 4.22. The van der Waals surface area contributed by atoms with Gasteiger partial charge in [-0.1, -0.05) is 0 Å². The molecule has 1 aliphatic heterocycles. The van der Waals surface area contributed by atoms with E-state index in [0.717, 1.165) is 5.56 Å².